The maximum absolute atomic E-state index is 13.1. The number of nitro groups is 1. The summed E-state index contributed by atoms with van der Waals surface area (Å²) in [7, 11) is 1.48. The van der Waals surface area contributed by atoms with E-state index in [0.717, 1.165) is 6.07 Å². The lowest BCUT2D eigenvalue weighted by Crippen LogP contribution is -2.36. The highest BCUT2D eigenvalue weighted by Gasteiger charge is 2.24. The molecule has 0 aliphatic rings. The Kier molecular flexibility index (Phi) is 4.18. The maximum Gasteiger partial charge on any atom is 0.295 e. The van der Waals surface area contributed by atoms with Crippen LogP contribution < -0.4 is 5.32 Å². The summed E-state index contributed by atoms with van der Waals surface area (Å²) in [6, 6.07) is 1.32. The van der Waals surface area contributed by atoms with Crippen molar-refractivity contribution in [3.63, 3.8) is 0 Å². The van der Waals surface area contributed by atoms with Gasteiger partial charge in [0, 0.05) is 13.2 Å². The molecule has 0 atom stereocenters. The second kappa shape index (κ2) is 5.26. The molecule has 1 N–H and O–H groups in total. The fraction of sp³-hybridized carbons (Fsp3) is 0.455. The highest BCUT2D eigenvalue weighted by atomic mass is 19.2. The van der Waals surface area contributed by atoms with Gasteiger partial charge in [-0.05, 0) is 13.8 Å². The van der Waals surface area contributed by atoms with Crippen LogP contribution in [0.15, 0.2) is 12.1 Å². The fourth-order valence-corrected chi connectivity index (χ4v) is 1.55. The van der Waals surface area contributed by atoms with E-state index in [1.165, 1.54) is 7.11 Å². The summed E-state index contributed by atoms with van der Waals surface area (Å²) in [5.41, 5.74) is -1.25. The SMILES string of the molecule is COCC(C)(C)Nc1cc(F)c(F)cc1[N+](=O)[O-]. The molecule has 5 nitrogen and oxygen atoms in total. The lowest BCUT2D eigenvalue weighted by atomic mass is 10.1. The zero-order chi connectivity index (χ0) is 13.9. The van der Waals surface area contributed by atoms with Crippen molar-refractivity contribution in [3.05, 3.63) is 33.9 Å². The van der Waals surface area contributed by atoms with Gasteiger partial charge in [0.2, 0.25) is 0 Å². The molecule has 1 aromatic carbocycles. The quantitative estimate of drug-likeness (QED) is 0.653. The maximum atomic E-state index is 13.1. The normalized spacial score (nSPS) is 11.4. The number of methoxy groups -OCH3 is 1. The Balaban J connectivity index is 3.15. The Morgan fingerprint density at radius 3 is 2.44 bits per heavy atom. The van der Waals surface area contributed by atoms with Gasteiger partial charge in [0.25, 0.3) is 5.69 Å². The smallest absolute Gasteiger partial charge is 0.295 e. The molecule has 100 valence electrons. The molecule has 0 saturated carbocycles. The molecule has 0 aliphatic carbocycles. The van der Waals surface area contributed by atoms with Crippen LogP contribution in [0.5, 0.6) is 0 Å². The van der Waals surface area contributed by atoms with E-state index < -0.39 is 27.8 Å². The van der Waals surface area contributed by atoms with Crippen molar-refractivity contribution >= 4 is 11.4 Å². The molecule has 0 heterocycles. The minimum absolute atomic E-state index is 0.0825. The summed E-state index contributed by atoms with van der Waals surface area (Å²) in [4.78, 5) is 10.0. The van der Waals surface area contributed by atoms with E-state index in [1.807, 2.05) is 0 Å². The molecule has 1 rings (SSSR count). The van der Waals surface area contributed by atoms with Crippen LogP contribution in [0.25, 0.3) is 0 Å². The third-order valence-corrected chi connectivity index (χ3v) is 2.21. The van der Waals surface area contributed by atoms with Crippen LogP contribution in [-0.4, -0.2) is 24.2 Å². The number of benzene rings is 1. The third-order valence-electron chi connectivity index (χ3n) is 2.21. The number of anilines is 1. The summed E-state index contributed by atoms with van der Waals surface area (Å²) < 4.78 is 31.0. The number of nitrogens with zero attached hydrogens (tertiary/aromatic N) is 1. The van der Waals surface area contributed by atoms with Gasteiger partial charge in [-0.25, -0.2) is 8.78 Å². The van der Waals surface area contributed by atoms with E-state index in [-0.39, 0.29) is 12.3 Å². The topological polar surface area (TPSA) is 64.4 Å². The van der Waals surface area contributed by atoms with Gasteiger partial charge in [-0.3, -0.25) is 10.1 Å². The van der Waals surface area contributed by atoms with E-state index >= 15 is 0 Å². The van der Waals surface area contributed by atoms with Gasteiger partial charge < -0.3 is 10.1 Å². The molecule has 1 aromatic rings. The van der Waals surface area contributed by atoms with Crippen molar-refractivity contribution in [2.75, 3.05) is 19.0 Å². The summed E-state index contributed by atoms with van der Waals surface area (Å²) >= 11 is 0. The van der Waals surface area contributed by atoms with Crippen molar-refractivity contribution < 1.29 is 18.4 Å². The lowest BCUT2D eigenvalue weighted by molar-refractivity contribution is -0.384. The van der Waals surface area contributed by atoms with Gasteiger partial charge in [0.1, 0.15) is 5.69 Å². The van der Waals surface area contributed by atoms with E-state index in [9.17, 15) is 18.9 Å². The molecule has 0 radical (unpaired) electrons. The largest absolute Gasteiger partial charge is 0.382 e. The van der Waals surface area contributed by atoms with Crippen LogP contribution in [-0.2, 0) is 4.74 Å². The van der Waals surface area contributed by atoms with Gasteiger partial charge in [-0.15, -0.1) is 0 Å². The van der Waals surface area contributed by atoms with Crippen LogP contribution in [0.1, 0.15) is 13.8 Å². The standard InChI is InChI=1S/C11H14F2N2O3/c1-11(2,6-18-3)14-9-4-7(12)8(13)5-10(9)15(16)17/h4-5,14H,6H2,1-3H3. The molecule has 0 bridgehead atoms. The van der Waals surface area contributed by atoms with Gasteiger partial charge >= 0.3 is 0 Å². The fourth-order valence-electron chi connectivity index (χ4n) is 1.55. The highest BCUT2D eigenvalue weighted by Crippen LogP contribution is 2.29. The molecule has 0 saturated heterocycles. The average molecular weight is 260 g/mol. The van der Waals surface area contributed by atoms with Crippen molar-refractivity contribution in [1.29, 1.82) is 0 Å². The molecule has 0 unspecified atom stereocenters. The molecular weight excluding hydrogens is 246 g/mol. The summed E-state index contributed by atoms with van der Waals surface area (Å²) in [6.45, 7) is 3.70. The minimum atomic E-state index is -1.25. The molecule has 18 heavy (non-hydrogen) atoms. The Hall–Kier alpha value is -1.76. The number of rotatable bonds is 5. The predicted molar refractivity (Wildman–Crippen MR) is 62.6 cm³/mol. The third kappa shape index (κ3) is 3.36. The molecule has 0 aromatic heterocycles. The van der Waals surface area contributed by atoms with E-state index in [4.69, 9.17) is 4.74 Å². The summed E-state index contributed by atoms with van der Waals surface area (Å²) in [5.74, 6) is -2.40. The first kappa shape index (κ1) is 14.3. The minimum Gasteiger partial charge on any atom is -0.382 e. The first-order chi connectivity index (χ1) is 8.26. The molecule has 0 aliphatic heterocycles. The highest BCUT2D eigenvalue weighted by molar-refractivity contribution is 5.62. The number of nitro benzene ring substituents is 1. The summed E-state index contributed by atoms with van der Waals surface area (Å²) in [5, 5.41) is 13.5. The van der Waals surface area contributed by atoms with Crippen molar-refractivity contribution in [3.8, 4) is 0 Å². The monoisotopic (exact) mass is 260 g/mol. The van der Waals surface area contributed by atoms with E-state index in [2.05, 4.69) is 5.32 Å². The molecule has 0 amide bonds. The van der Waals surface area contributed by atoms with Crippen LogP contribution in [0, 0.1) is 21.7 Å². The first-order valence-electron chi connectivity index (χ1n) is 5.17. The van der Waals surface area contributed by atoms with Crippen molar-refractivity contribution in [1.82, 2.24) is 0 Å². The van der Waals surface area contributed by atoms with E-state index in [0.29, 0.717) is 6.07 Å². The Labute approximate surface area is 103 Å². The molecule has 7 heteroatoms. The second-order valence-corrected chi connectivity index (χ2v) is 4.48. The number of halogens is 2. The second-order valence-electron chi connectivity index (χ2n) is 4.48. The molecule has 0 fully saturated rings. The van der Waals surface area contributed by atoms with Gasteiger partial charge in [0.05, 0.1) is 23.1 Å². The Morgan fingerprint density at radius 1 is 1.39 bits per heavy atom. The van der Waals surface area contributed by atoms with Crippen LogP contribution >= 0.6 is 0 Å². The zero-order valence-electron chi connectivity index (χ0n) is 10.3. The number of nitrogens with one attached hydrogen (secondary N) is 1. The first-order valence-corrected chi connectivity index (χ1v) is 5.17. The van der Waals surface area contributed by atoms with Crippen LogP contribution in [0.2, 0.25) is 0 Å². The summed E-state index contributed by atoms with van der Waals surface area (Å²) in [6.07, 6.45) is 0. The lowest BCUT2D eigenvalue weighted by Gasteiger charge is -2.26. The molecule has 0 spiro atoms. The number of hydrogen-bond acceptors (Lipinski definition) is 4. The van der Waals surface area contributed by atoms with Crippen LogP contribution in [0.4, 0.5) is 20.2 Å². The Bertz CT molecular complexity index is 464. The van der Waals surface area contributed by atoms with Crippen molar-refractivity contribution in [2.45, 2.75) is 19.4 Å². The van der Waals surface area contributed by atoms with Gasteiger partial charge in [-0.1, -0.05) is 0 Å². The van der Waals surface area contributed by atoms with Gasteiger partial charge in [-0.2, -0.15) is 0 Å². The predicted octanol–water partition coefficient (Wildman–Crippen LogP) is 2.71. The number of ether oxygens (including phenoxy) is 1. The van der Waals surface area contributed by atoms with Crippen LogP contribution in [0.3, 0.4) is 0 Å². The average Bonchev–Trinajstić information content (AvgIpc) is 2.22. The van der Waals surface area contributed by atoms with Gasteiger partial charge in [0.15, 0.2) is 11.6 Å². The molecular formula is C11H14F2N2O3. The Morgan fingerprint density at radius 2 is 1.94 bits per heavy atom. The van der Waals surface area contributed by atoms with E-state index in [1.54, 1.807) is 13.8 Å². The number of hydrogen-bond donors (Lipinski definition) is 1. The zero-order valence-corrected chi connectivity index (χ0v) is 10.3. The van der Waals surface area contributed by atoms with Crippen molar-refractivity contribution in [2.24, 2.45) is 0 Å².